The minimum Gasteiger partial charge on any atom is -0.299 e. The van der Waals surface area contributed by atoms with Crippen molar-refractivity contribution in [2.75, 3.05) is 19.6 Å². The van der Waals surface area contributed by atoms with Crippen molar-refractivity contribution in [1.29, 1.82) is 0 Å². The Labute approximate surface area is 62.7 Å². The summed E-state index contributed by atoms with van der Waals surface area (Å²) in [5.41, 5.74) is 0. The lowest BCUT2D eigenvalue weighted by molar-refractivity contribution is 0.284. The van der Waals surface area contributed by atoms with Gasteiger partial charge in [-0.05, 0) is 31.3 Å². The molecule has 0 aromatic heterocycles. The summed E-state index contributed by atoms with van der Waals surface area (Å²) in [5.74, 6) is 1.05. The van der Waals surface area contributed by atoms with Gasteiger partial charge in [-0.15, -0.1) is 0 Å². The summed E-state index contributed by atoms with van der Waals surface area (Å²) in [5, 5.41) is 0. The van der Waals surface area contributed by atoms with E-state index in [9.17, 15) is 0 Å². The van der Waals surface area contributed by atoms with Gasteiger partial charge >= 0.3 is 0 Å². The molecular weight excluding hydrogens is 122 g/mol. The van der Waals surface area contributed by atoms with Gasteiger partial charge < -0.3 is 0 Å². The third-order valence-electron chi connectivity index (χ3n) is 2.28. The van der Waals surface area contributed by atoms with Crippen molar-refractivity contribution in [3.8, 4) is 0 Å². The summed E-state index contributed by atoms with van der Waals surface area (Å²) in [6.45, 7) is 3.74. The Morgan fingerprint density at radius 3 is 3.00 bits per heavy atom. The quantitative estimate of drug-likeness (QED) is 0.555. The van der Waals surface area contributed by atoms with E-state index in [-0.39, 0.29) is 0 Å². The van der Waals surface area contributed by atoms with Crippen LogP contribution in [0.15, 0.2) is 6.08 Å². The van der Waals surface area contributed by atoms with E-state index < -0.39 is 0 Å². The van der Waals surface area contributed by atoms with Crippen LogP contribution in [0.3, 0.4) is 0 Å². The lowest BCUT2D eigenvalue weighted by Crippen LogP contribution is -2.29. The van der Waals surface area contributed by atoms with Crippen molar-refractivity contribution >= 4 is 0 Å². The van der Waals surface area contributed by atoms with E-state index in [1.165, 1.54) is 25.9 Å². The summed E-state index contributed by atoms with van der Waals surface area (Å²) < 4.78 is 0. The van der Waals surface area contributed by atoms with Gasteiger partial charge in [-0.2, -0.15) is 0 Å². The minimum atomic E-state index is 1.05. The van der Waals surface area contributed by atoms with Crippen LogP contribution in [0.1, 0.15) is 19.3 Å². The predicted octanol–water partition coefficient (Wildman–Crippen LogP) is 1.46. The first-order chi connectivity index (χ1) is 4.95. The molecule has 1 aliphatic carbocycles. The Morgan fingerprint density at radius 2 is 2.40 bits per heavy atom. The van der Waals surface area contributed by atoms with Crippen molar-refractivity contribution < 1.29 is 0 Å². The first-order valence-electron chi connectivity index (χ1n) is 4.22. The smallest absolute Gasteiger partial charge is 0.0169 e. The highest BCUT2D eigenvalue weighted by Gasteiger charge is 2.23. The second kappa shape index (κ2) is 2.75. The molecule has 2 aliphatic rings. The van der Waals surface area contributed by atoms with E-state index in [0.29, 0.717) is 0 Å². The highest BCUT2D eigenvalue weighted by molar-refractivity contribution is 4.87. The van der Waals surface area contributed by atoms with Crippen molar-refractivity contribution in [1.82, 2.24) is 4.90 Å². The molecule has 1 heterocycles. The van der Waals surface area contributed by atoms with E-state index in [0.717, 1.165) is 18.9 Å². The maximum atomic E-state index is 3.24. The molecule has 0 unspecified atom stereocenters. The Morgan fingerprint density at radius 1 is 1.50 bits per heavy atom. The van der Waals surface area contributed by atoms with Gasteiger partial charge in [0.15, 0.2) is 0 Å². The molecule has 55 valence electrons. The maximum absolute atomic E-state index is 3.24. The predicted molar refractivity (Wildman–Crippen MR) is 41.6 cm³/mol. The zero-order valence-electron chi connectivity index (χ0n) is 6.34. The van der Waals surface area contributed by atoms with Gasteiger partial charge in [0, 0.05) is 19.6 Å². The summed E-state index contributed by atoms with van der Waals surface area (Å²) >= 11 is 0. The number of hydrogen-bond acceptors (Lipinski definition) is 1. The summed E-state index contributed by atoms with van der Waals surface area (Å²) in [7, 11) is 0. The third-order valence-corrected chi connectivity index (χ3v) is 2.28. The molecule has 1 heteroatoms. The van der Waals surface area contributed by atoms with Crippen LogP contribution in [-0.2, 0) is 0 Å². The van der Waals surface area contributed by atoms with Crippen molar-refractivity contribution in [2.45, 2.75) is 19.3 Å². The average molecular weight is 136 g/mol. The van der Waals surface area contributed by atoms with Crippen LogP contribution in [-0.4, -0.2) is 24.5 Å². The van der Waals surface area contributed by atoms with E-state index in [1.54, 1.807) is 0 Å². The van der Waals surface area contributed by atoms with Gasteiger partial charge in [-0.1, -0.05) is 6.08 Å². The van der Waals surface area contributed by atoms with Gasteiger partial charge in [0.05, 0.1) is 0 Å². The molecule has 0 spiro atoms. The van der Waals surface area contributed by atoms with E-state index >= 15 is 0 Å². The fourth-order valence-corrected chi connectivity index (χ4v) is 1.44. The second-order valence-electron chi connectivity index (χ2n) is 3.36. The molecular formula is C9H14N. The Hall–Kier alpha value is -0.300. The van der Waals surface area contributed by atoms with Crippen molar-refractivity contribution in [3.05, 3.63) is 12.2 Å². The fraction of sp³-hybridized carbons (Fsp3) is 0.778. The molecule has 0 bridgehead atoms. The van der Waals surface area contributed by atoms with Gasteiger partial charge in [0.25, 0.3) is 0 Å². The SMILES string of the molecule is [C]1=CCN(CC2CC2)CC1. The topological polar surface area (TPSA) is 3.24 Å². The lowest BCUT2D eigenvalue weighted by atomic mass is 10.2. The molecule has 1 fully saturated rings. The molecule has 0 aromatic carbocycles. The Kier molecular flexibility index (Phi) is 1.76. The highest BCUT2D eigenvalue weighted by Crippen LogP contribution is 2.29. The number of nitrogens with zero attached hydrogens (tertiary/aromatic N) is 1. The first kappa shape index (κ1) is 6.41. The monoisotopic (exact) mass is 136 g/mol. The second-order valence-corrected chi connectivity index (χ2v) is 3.36. The van der Waals surface area contributed by atoms with Crippen LogP contribution in [0.25, 0.3) is 0 Å². The summed E-state index contributed by atoms with van der Waals surface area (Å²) in [6, 6.07) is 0. The summed E-state index contributed by atoms with van der Waals surface area (Å²) in [4.78, 5) is 2.54. The number of rotatable bonds is 2. The van der Waals surface area contributed by atoms with Gasteiger partial charge in [-0.3, -0.25) is 4.90 Å². The van der Waals surface area contributed by atoms with Gasteiger partial charge in [-0.25, -0.2) is 0 Å². The standard InChI is InChI=1S/C9H14N/c1-2-6-10(7-3-1)8-9-4-5-9/h2,9H,3-8H2. The lowest BCUT2D eigenvalue weighted by Gasteiger charge is -2.22. The minimum absolute atomic E-state index is 1.05. The van der Waals surface area contributed by atoms with Crippen LogP contribution in [0.2, 0.25) is 0 Å². The van der Waals surface area contributed by atoms with E-state index in [4.69, 9.17) is 0 Å². The zero-order valence-corrected chi connectivity index (χ0v) is 6.34. The Balaban J connectivity index is 1.75. The molecule has 2 rings (SSSR count). The fourth-order valence-electron chi connectivity index (χ4n) is 1.44. The van der Waals surface area contributed by atoms with Crippen LogP contribution in [0.5, 0.6) is 0 Å². The molecule has 10 heavy (non-hydrogen) atoms. The molecule has 0 atom stereocenters. The number of hydrogen-bond donors (Lipinski definition) is 0. The third kappa shape index (κ3) is 1.60. The first-order valence-corrected chi connectivity index (χ1v) is 4.22. The summed E-state index contributed by atoms with van der Waals surface area (Å²) in [6.07, 6.45) is 9.51. The van der Waals surface area contributed by atoms with Gasteiger partial charge in [0.2, 0.25) is 0 Å². The van der Waals surface area contributed by atoms with Crippen molar-refractivity contribution in [2.24, 2.45) is 5.92 Å². The normalized spacial score (nSPS) is 27.2. The molecule has 1 nitrogen and oxygen atoms in total. The van der Waals surface area contributed by atoms with Crippen LogP contribution in [0.4, 0.5) is 0 Å². The van der Waals surface area contributed by atoms with Crippen LogP contribution >= 0.6 is 0 Å². The molecule has 0 N–H and O–H groups in total. The highest BCUT2D eigenvalue weighted by atomic mass is 15.1. The van der Waals surface area contributed by atoms with Crippen LogP contribution < -0.4 is 0 Å². The molecule has 1 radical (unpaired) electrons. The molecule has 0 aromatic rings. The maximum Gasteiger partial charge on any atom is 0.0169 e. The van der Waals surface area contributed by atoms with Gasteiger partial charge in [0.1, 0.15) is 0 Å². The van der Waals surface area contributed by atoms with E-state index in [1.807, 2.05) is 0 Å². The molecule has 0 saturated heterocycles. The zero-order chi connectivity index (χ0) is 6.81. The molecule has 0 amide bonds. The largest absolute Gasteiger partial charge is 0.299 e. The van der Waals surface area contributed by atoms with Crippen LogP contribution in [0, 0.1) is 12.0 Å². The molecule has 1 saturated carbocycles. The molecule has 1 aliphatic heterocycles. The average Bonchev–Trinajstić information content (AvgIpc) is 2.74. The van der Waals surface area contributed by atoms with E-state index in [2.05, 4.69) is 17.1 Å². The Bertz CT molecular complexity index is 136. The van der Waals surface area contributed by atoms with Crippen molar-refractivity contribution in [3.63, 3.8) is 0 Å².